The molecule has 1 heterocycles. The van der Waals surface area contributed by atoms with Crippen LogP contribution in [-0.4, -0.2) is 24.7 Å². The fourth-order valence-corrected chi connectivity index (χ4v) is 2.54. The summed E-state index contributed by atoms with van der Waals surface area (Å²) in [5.41, 5.74) is -2.97. The van der Waals surface area contributed by atoms with Crippen molar-refractivity contribution < 1.29 is 19.7 Å². The average molecular weight is 347 g/mol. The highest BCUT2D eigenvalue weighted by molar-refractivity contribution is 6.14. The van der Waals surface area contributed by atoms with Gasteiger partial charge in [-0.05, 0) is 0 Å². The molecule has 1 aromatic heterocycles. The molecule has 0 radical (unpaired) electrons. The van der Waals surface area contributed by atoms with E-state index < -0.39 is 42.4 Å². The van der Waals surface area contributed by atoms with E-state index in [9.17, 15) is 40.5 Å². The number of H-pyrrole nitrogens is 1. The molecule has 0 fully saturated rings. The molecule has 0 saturated carbocycles. The SMILES string of the molecule is O=[N+]([O-])c1cc([N+](=O)[O-])c2[nH]c3c([N+](=O)[O-])cc([N+](=O)[O-])cc3c2c1. The lowest BCUT2D eigenvalue weighted by molar-refractivity contribution is -0.393. The number of aromatic nitrogens is 1. The standard InChI is InChI=1S/C12H5N5O8/c18-14(19)5-1-7-8-2-6(15(20)21)4-10(17(24)25)12(8)13-11(7)9(3-5)16(22)23/h1-4,13H. The lowest BCUT2D eigenvalue weighted by Gasteiger charge is -1.96. The Bertz CT molecular complexity index is 1030. The molecular formula is C12H5N5O8. The van der Waals surface area contributed by atoms with Gasteiger partial charge in [-0.2, -0.15) is 0 Å². The Morgan fingerprint density at radius 3 is 1.24 bits per heavy atom. The van der Waals surface area contributed by atoms with E-state index in [1.165, 1.54) is 0 Å². The van der Waals surface area contributed by atoms with Gasteiger partial charge in [0.2, 0.25) is 0 Å². The fraction of sp³-hybridized carbons (Fsp3) is 0. The second-order valence-corrected chi connectivity index (χ2v) is 4.93. The highest BCUT2D eigenvalue weighted by Gasteiger charge is 2.27. The van der Waals surface area contributed by atoms with Crippen molar-refractivity contribution in [1.29, 1.82) is 0 Å². The molecule has 0 aliphatic rings. The highest BCUT2D eigenvalue weighted by atomic mass is 16.6. The number of non-ortho nitro benzene ring substituents is 4. The summed E-state index contributed by atoms with van der Waals surface area (Å²) in [6, 6.07) is 3.35. The minimum absolute atomic E-state index is 0.0947. The number of hydrogen-bond acceptors (Lipinski definition) is 8. The first-order chi connectivity index (χ1) is 11.7. The Morgan fingerprint density at radius 1 is 0.600 bits per heavy atom. The normalized spacial score (nSPS) is 10.9. The van der Waals surface area contributed by atoms with Gasteiger partial charge in [-0.15, -0.1) is 0 Å². The van der Waals surface area contributed by atoms with E-state index in [2.05, 4.69) is 4.98 Å². The molecule has 0 amide bonds. The van der Waals surface area contributed by atoms with Crippen LogP contribution >= 0.6 is 0 Å². The minimum Gasteiger partial charge on any atom is -0.343 e. The summed E-state index contributed by atoms with van der Waals surface area (Å²) in [6.45, 7) is 0. The maximum atomic E-state index is 11.2. The summed E-state index contributed by atoms with van der Waals surface area (Å²) in [4.78, 5) is 43.3. The predicted molar refractivity (Wildman–Crippen MR) is 82.4 cm³/mol. The average Bonchev–Trinajstić information content (AvgIpc) is 2.90. The van der Waals surface area contributed by atoms with Gasteiger partial charge in [-0.3, -0.25) is 40.5 Å². The van der Waals surface area contributed by atoms with Crippen molar-refractivity contribution in [2.75, 3.05) is 0 Å². The van der Waals surface area contributed by atoms with Crippen molar-refractivity contribution in [2.24, 2.45) is 0 Å². The molecule has 0 aliphatic heterocycles. The van der Waals surface area contributed by atoms with E-state index in [4.69, 9.17) is 0 Å². The predicted octanol–water partition coefficient (Wildman–Crippen LogP) is 2.95. The van der Waals surface area contributed by atoms with E-state index in [1.807, 2.05) is 0 Å². The van der Waals surface area contributed by atoms with Crippen LogP contribution in [0.5, 0.6) is 0 Å². The zero-order valence-electron chi connectivity index (χ0n) is 11.9. The molecule has 3 rings (SSSR count). The van der Waals surface area contributed by atoms with Gasteiger partial charge in [0.1, 0.15) is 11.0 Å². The van der Waals surface area contributed by atoms with Crippen LogP contribution in [0.25, 0.3) is 21.8 Å². The lowest BCUT2D eigenvalue weighted by atomic mass is 10.1. The topological polar surface area (TPSA) is 188 Å². The Labute approximate surface area is 135 Å². The first-order valence-corrected chi connectivity index (χ1v) is 6.41. The van der Waals surface area contributed by atoms with Crippen LogP contribution in [-0.2, 0) is 0 Å². The minimum atomic E-state index is -0.884. The monoisotopic (exact) mass is 347 g/mol. The van der Waals surface area contributed by atoms with Gasteiger partial charge in [0, 0.05) is 22.9 Å². The number of rotatable bonds is 4. The smallest absolute Gasteiger partial charge is 0.300 e. The maximum absolute atomic E-state index is 11.2. The van der Waals surface area contributed by atoms with Crippen LogP contribution in [0, 0.1) is 40.5 Å². The summed E-state index contributed by atoms with van der Waals surface area (Å²) < 4.78 is 0. The molecule has 25 heavy (non-hydrogen) atoms. The molecule has 3 aromatic rings. The largest absolute Gasteiger partial charge is 0.343 e. The number of nitro groups is 4. The van der Waals surface area contributed by atoms with Crippen LogP contribution in [0.15, 0.2) is 24.3 Å². The van der Waals surface area contributed by atoms with Gasteiger partial charge in [-0.25, -0.2) is 0 Å². The third-order valence-electron chi connectivity index (χ3n) is 3.56. The van der Waals surface area contributed by atoms with Crippen LogP contribution in [0.3, 0.4) is 0 Å². The molecule has 13 nitrogen and oxygen atoms in total. The first-order valence-electron chi connectivity index (χ1n) is 6.41. The van der Waals surface area contributed by atoms with Gasteiger partial charge in [-0.1, -0.05) is 0 Å². The van der Waals surface area contributed by atoms with Crippen LogP contribution in [0.2, 0.25) is 0 Å². The first kappa shape index (κ1) is 15.7. The van der Waals surface area contributed by atoms with E-state index >= 15 is 0 Å². The number of nitro benzene ring substituents is 4. The lowest BCUT2D eigenvalue weighted by Crippen LogP contribution is -1.93. The highest BCUT2D eigenvalue weighted by Crippen LogP contribution is 2.40. The Balaban J connectivity index is 2.57. The molecule has 0 aliphatic carbocycles. The molecule has 126 valence electrons. The molecule has 1 N–H and O–H groups in total. The summed E-state index contributed by atoms with van der Waals surface area (Å²) >= 11 is 0. The van der Waals surface area contributed by atoms with Crippen molar-refractivity contribution >= 4 is 44.6 Å². The van der Waals surface area contributed by atoms with Crippen molar-refractivity contribution in [3.05, 3.63) is 64.7 Å². The summed E-state index contributed by atoms with van der Waals surface area (Å²) in [6.07, 6.45) is 0. The van der Waals surface area contributed by atoms with Gasteiger partial charge in [0.15, 0.2) is 0 Å². The summed E-state index contributed by atoms with van der Waals surface area (Å²) in [5.74, 6) is 0. The fourth-order valence-electron chi connectivity index (χ4n) is 2.54. The molecule has 2 aromatic carbocycles. The molecule has 13 heteroatoms. The van der Waals surface area contributed by atoms with Crippen LogP contribution in [0.4, 0.5) is 22.7 Å². The maximum Gasteiger partial charge on any atom is 0.300 e. The van der Waals surface area contributed by atoms with Crippen molar-refractivity contribution in [2.45, 2.75) is 0 Å². The van der Waals surface area contributed by atoms with Crippen molar-refractivity contribution in [3.63, 3.8) is 0 Å². The number of benzene rings is 2. The van der Waals surface area contributed by atoms with E-state index in [-0.39, 0.29) is 21.8 Å². The van der Waals surface area contributed by atoms with Gasteiger partial charge in [0.25, 0.3) is 22.7 Å². The van der Waals surface area contributed by atoms with Crippen LogP contribution in [0.1, 0.15) is 0 Å². The Hall–Kier alpha value is -4.16. The second kappa shape index (κ2) is 5.19. The summed E-state index contributed by atoms with van der Waals surface area (Å²) in [7, 11) is 0. The van der Waals surface area contributed by atoms with Gasteiger partial charge in [0.05, 0.1) is 31.8 Å². The number of aromatic amines is 1. The van der Waals surface area contributed by atoms with Crippen LogP contribution < -0.4 is 0 Å². The summed E-state index contributed by atoms with van der Waals surface area (Å²) in [5, 5.41) is 44.1. The molecule has 0 saturated heterocycles. The second-order valence-electron chi connectivity index (χ2n) is 4.93. The van der Waals surface area contributed by atoms with Crippen molar-refractivity contribution in [1.82, 2.24) is 4.98 Å². The van der Waals surface area contributed by atoms with E-state index in [1.54, 1.807) is 0 Å². The Morgan fingerprint density at radius 2 is 0.960 bits per heavy atom. The van der Waals surface area contributed by atoms with E-state index in [0.717, 1.165) is 12.1 Å². The van der Waals surface area contributed by atoms with Gasteiger partial charge < -0.3 is 4.98 Å². The quantitative estimate of drug-likeness (QED) is 0.550. The van der Waals surface area contributed by atoms with Gasteiger partial charge >= 0.3 is 0 Å². The Kier molecular flexibility index (Phi) is 3.26. The number of nitrogens with zero attached hydrogens (tertiary/aromatic N) is 4. The zero-order chi connectivity index (χ0) is 18.5. The van der Waals surface area contributed by atoms with E-state index in [0.29, 0.717) is 12.1 Å². The molecule has 0 spiro atoms. The third kappa shape index (κ3) is 2.35. The zero-order valence-corrected chi connectivity index (χ0v) is 11.9. The number of hydrogen-bond donors (Lipinski definition) is 1. The third-order valence-corrected chi connectivity index (χ3v) is 3.56. The number of fused-ring (bicyclic) bond motifs is 3. The molecule has 0 bridgehead atoms. The van der Waals surface area contributed by atoms with Crippen molar-refractivity contribution in [3.8, 4) is 0 Å². The molecular weight excluding hydrogens is 342 g/mol. The molecule has 0 atom stereocenters. The number of nitrogens with one attached hydrogen (secondary N) is 1. The molecule has 0 unspecified atom stereocenters.